The van der Waals surface area contributed by atoms with Crippen molar-refractivity contribution in [2.24, 2.45) is 11.1 Å². The Labute approximate surface area is 148 Å². The Kier molecular flexibility index (Phi) is 5.04. The van der Waals surface area contributed by atoms with E-state index in [9.17, 15) is 4.79 Å². The fourth-order valence-corrected chi connectivity index (χ4v) is 3.30. The Morgan fingerprint density at radius 1 is 1.24 bits per heavy atom. The second kappa shape index (κ2) is 7.23. The van der Waals surface area contributed by atoms with Crippen LogP contribution in [0, 0.1) is 19.3 Å². The first-order chi connectivity index (χ1) is 12.0. The van der Waals surface area contributed by atoms with Crippen molar-refractivity contribution in [3.63, 3.8) is 0 Å². The Bertz CT molecular complexity index is 767. The molecule has 5 heteroatoms. The van der Waals surface area contributed by atoms with Crippen molar-refractivity contribution in [1.29, 1.82) is 0 Å². The second-order valence-electron chi connectivity index (χ2n) is 6.90. The number of rotatable bonds is 5. The van der Waals surface area contributed by atoms with Crippen LogP contribution in [0.25, 0.3) is 0 Å². The van der Waals surface area contributed by atoms with Gasteiger partial charge in [0.2, 0.25) is 11.8 Å². The van der Waals surface area contributed by atoms with Gasteiger partial charge >= 0.3 is 0 Å². The number of benzene rings is 1. The minimum absolute atomic E-state index is 0.0102. The molecule has 1 amide bonds. The summed E-state index contributed by atoms with van der Waals surface area (Å²) in [5.74, 6) is 1.24. The van der Waals surface area contributed by atoms with E-state index in [1.54, 1.807) is 6.20 Å². The molecular weight excluding hydrogens is 314 g/mol. The minimum Gasteiger partial charge on any atom is -0.439 e. The largest absolute Gasteiger partial charge is 0.439 e. The highest BCUT2D eigenvalue weighted by Gasteiger charge is 2.39. The van der Waals surface area contributed by atoms with Crippen LogP contribution >= 0.6 is 0 Å². The summed E-state index contributed by atoms with van der Waals surface area (Å²) in [6, 6.07) is 9.47. The van der Waals surface area contributed by atoms with Gasteiger partial charge < -0.3 is 15.8 Å². The first-order valence-corrected chi connectivity index (χ1v) is 8.75. The number of nitrogens with one attached hydrogen (secondary N) is 1. The molecule has 0 spiro atoms. The van der Waals surface area contributed by atoms with Crippen LogP contribution < -0.4 is 15.8 Å². The Morgan fingerprint density at radius 2 is 2.00 bits per heavy atom. The molecule has 5 nitrogen and oxygen atoms in total. The molecule has 0 radical (unpaired) electrons. The van der Waals surface area contributed by atoms with Crippen LogP contribution in [0.4, 0.5) is 5.69 Å². The van der Waals surface area contributed by atoms with Gasteiger partial charge in [0.05, 0.1) is 5.41 Å². The highest BCUT2D eigenvalue weighted by atomic mass is 16.5. The van der Waals surface area contributed by atoms with Crippen LogP contribution in [-0.2, 0) is 4.79 Å². The summed E-state index contributed by atoms with van der Waals surface area (Å²) in [6.45, 7) is 4.35. The topological polar surface area (TPSA) is 77.2 Å². The number of anilines is 1. The molecule has 0 unspecified atom stereocenters. The Morgan fingerprint density at radius 3 is 2.68 bits per heavy atom. The molecule has 25 heavy (non-hydrogen) atoms. The molecular formula is C20H25N3O2. The lowest BCUT2D eigenvalue weighted by Gasteiger charge is -2.25. The highest BCUT2D eigenvalue weighted by Crippen LogP contribution is 2.38. The van der Waals surface area contributed by atoms with Gasteiger partial charge in [-0.1, -0.05) is 18.9 Å². The summed E-state index contributed by atoms with van der Waals surface area (Å²) in [6.07, 6.45) is 5.56. The van der Waals surface area contributed by atoms with Crippen molar-refractivity contribution in [3.8, 4) is 11.6 Å². The first-order valence-electron chi connectivity index (χ1n) is 8.75. The Hall–Kier alpha value is -2.40. The van der Waals surface area contributed by atoms with E-state index in [-0.39, 0.29) is 5.91 Å². The van der Waals surface area contributed by atoms with E-state index < -0.39 is 5.41 Å². The molecule has 1 aromatic carbocycles. The fourth-order valence-electron chi connectivity index (χ4n) is 3.30. The number of nitrogens with zero attached hydrogens (tertiary/aromatic N) is 1. The van der Waals surface area contributed by atoms with E-state index in [1.165, 1.54) is 0 Å². The van der Waals surface area contributed by atoms with Crippen molar-refractivity contribution >= 4 is 11.6 Å². The first kappa shape index (κ1) is 17.4. The van der Waals surface area contributed by atoms with E-state index >= 15 is 0 Å². The van der Waals surface area contributed by atoms with E-state index in [2.05, 4.69) is 10.3 Å². The molecule has 1 aromatic heterocycles. The van der Waals surface area contributed by atoms with Gasteiger partial charge in [-0.2, -0.15) is 0 Å². The van der Waals surface area contributed by atoms with E-state index in [1.807, 2.05) is 44.2 Å². The maximum absolute atomic E-state index is 12.7. The van der Waals surface area contributed by atoms with Crippen molar-refractivity contribution in [2.75, 3.05) is 11.9 Å². The van der Waals surface area contributed by atoms with Gasteiger partial charge in [-0.05, 0) is 49.9 Å². The van der Waals surface area contributed by atoms with Gasteiger partial charge in [-0.3, -0.25) is 4.79 Å². The molecule has 1 fully saturated rings. The fraction of sp³-hybridized carbons (Fsp3) is 0.400. The molecule has 1 aliphatic carbocycles. The zero-order valence-electron chi connectivity index (χ0n) is 14.8. The number of hydrogen-bond acceptors (Lipinski definition) is 4. The SMILES string of the molecule is Cc1ccnc(Oc2cc(NC(=O)C3(CN)CCCC3)ccc2C)c1. The minimum atomic E-state index is -0.427. The molecule has 1 saturated carbocycles. The molecule has 3 rings (SSSR count). The third-order valence-corrected chi connectivity index (χ3v) is 4.98. The maximum atomic E-state index is 12.7. The molecule has 1 aliphatic rings. The van der Waals surface area contributed by atoms with Crippen LogP contribution in [-0.4, -0.2) is 17.4 Å². The number of aryl methyl sites for hydroxylation is 2. The third kappa shape index (κ3) is 3.82. The van der Waals surface area contributed by atoms with Crippen LogP contribution in [0.2, 0.25) is 0 Å². The number of carbonyl (C=O) groups excluding carboxylic acids is 1. The molecule has 0 saturated heterocycles. The quantitative estimate of drug-likeness (QED) is 0.865. The lowest BCUT2D eigenvalue weighted by atomic mass is 9.85. The predicted molar refractivity (Wildman–Crippen MR) is 98.8 cm³/mol. The van der Waals surface area contributed by atoms with Crippen molar-refractivity contribution in [1.82, 2.24) is 4.98 Å². The lowest BCUT2D eigenvalue weighted by Crippen LogP contribution is -2.40. The van der Waals surface area contributed by atoms with E-state index in [4.69, 9.17) is 10.5 Å². The van der Waals surface area contributed by atoms with Crippen LogP contribution in [0.5, 0.6) is 11.6 Å². The van der Waals surface area contributed by atoms with Crippen LogP contribution in [0.3, 0.4) is 0 Å². The molecule has 1 heterocycles. The normalized spacial score (nSPS) is 15.8. The van der Waals surface area contributed by atoms with E-state index in [0.717, 1.165) is 42.5 Å². The summed E-state index contributed by atoms with van der Waals surface area (Å²) in [5.41, 5.74) is 8.26. The molecule has 0 aliphatic heterocycles. The summed E-state index contributed by atoms with van der Waals surface area (Å²) >= 11 is 0. The number of pyridine rings is 1. The van der Waals surface area contributed by atoms with Gasteiger partial charge in [0.1, 0.15) is 5.75 Å². The zero-order valence-corrected chi connectivity index (χ0v) is 14.8. The zero-order chi connectivity index (χ0) is 17.9. The number of nitrogens with two attached hydrogens (primary N) is 1. The molecule has 2 aromatic rings. The number of ether oxygens (including phenoxy) is 1. The van der Waals surface area contributed by atoms with Gasteiger partial charge in [0.15, 0.2) is 0 Å². The van der Waals surface area contributed by atoms with Crippen molar-refractivity contribution in [2.45, 2.75) is 39.5 Å². The number of aromatic nitrogens is 1. The molecule has 3 N–H and O–H groups in total. The second-order valence-corrected chi connectivity index (χ2v) is 6.90. The predicted octanol–water partition coefficient (Wildman–Crippen LogP) is 3.95. The summed E-state index contributed by atoms with van der Waals surface area (Å²) < 4.78 is 5.90. The average molecular weight is 339 g/mol. The van der Waals surface area contributed by atoms with Gasteiger partial charge in [0.25, 0.3) is 0 Å². The molecule has 0 bridgehead atoms. The van der Waals surface area contributed by atoms with Crippen LogP contribution in [0.15, 0.2) is 36.5 Å². The summed E-state index contributed by atoms with van der Waals surface area (Å²) in [5, 5.41) is 3.02. The molecule has 0 atom stereocenters. The third-order valence-electron chi connectivity index (χ3n) is 4.98. The van der Waals surface area contributed by atoms with E-state index in [0.29, 0.717) is 18.2 Å². The highest BCUT2D eigenvalue weighted by molar-refractivity contribution is 5.96. The molecule has 132 valence electrons. The monoisotopic (exact) mass is 339 g/mol. The maximum Gasteiger partial charge on any atom is 0.231 e. The van der Waals surface area contributed by atoms with Crippen LogP contribution in [0.1, 0.15) is 36.8 Å². The summed E-state index contributed by atoms with van der Waals surface area (Å²) in [7, 11) is 0. The lowest BCUT2D eigenvalue weighted by molar-refractivity contribution is -0.124. The van der Waals surface area contributed by atoms with Gasteiger partial charge in [-0.25, -0.2) is 4.98 Å². The van der Waals surface area contributed by atoms with Crippen molar-refractivity contribution < 1.29 is 9.53 Å². The number of carbonyl (C=O) groups is 1. The number of hydrogen-bond donors (Lipinski definition) is 2. The Balaban J connectivity index is 1.78. The number of amides is 1. The summed E-state index contributed by atoms with van der Waals surface area (Å²) in [4.78, 5) is 17.0. The smallest absolute Gasteiger partial charge is 0.231 e. The van der Waals surface area contributed by atoms with Gasteiger partial charge in [-0.15, -0.1) is 0 Å². The standard InChI is InChI=1S/C20H25N3O2/c1-14-7-10-22-18(11-14)25-17-12-16(6-5-15(17)2)23-19(24)20(13-21)8-3-4-9-20/h5-7,10-12H,3-4,8-9,13,21H2,1-2H3,(H,23,24). The van der Waals surface area contributed by atoms with Crippen molar-refractivity contribution in [3.05, 3.63) is 47.7 Å². The van der Waals surface area contributed by atoms with Gasteiger partial charge in [0, 0.05) is 30.6 Å². The average Bonchev–Trinajstić information content (AvgIpc) is 3.08.